The Kier molecular flexibility index (Phi) is 5.51. The summed E-state index contributed by atoms with van der Waals surface area (Å²) >= 11 is 0. The van der Waals surface area contributed by atoms with Gasteiger partial charge in [-0.3, -0.25) is 9.59 Å². The van der Waals surface area contributed by atoms with Gasteiger partial charge in [-0.15, -0.1) is 0 Å². The Morgan fingerprint density at radius 2 is 2.00 bits per heavy atom. The number of nitriles is 1. The second kappa shape index (κ2) is 6.11. The maximum absolute atomic E-state index is 11.6. The molecule has 0 aliphatic heterocycles. The van der Waals surface area contributed by atoms with E-state index in [-0.39, 0.29) is 12.5 Å². The maximum atomic E-state index is 11.6. The SMILES string of the molecule is CCN(C)C(=O)CNC(=O)C(C)(C#N)CC. The Bertz CT molecular complexity index is 309. The quantitative estimate of drug-likeness (QED) is 0.741. The summed E-state index contributed by atoms with van der Waals surface area (Å²) in [6, 6.07) is 1.96. The lowest BCUT2D eigenvalue weighted by atomic mass is 9.88. The Morgan fingerprint density at radius 1 is 1.44 bits per heavy atom. The largest absolute Gasteiger partial charge is 0.346 e. The zero-order valence-corrected chi connectivity index (χ0v) is 10.3. The van der Waals surface area contributed by atoms with Crippen LogP contribution in [0.3, 0.4) is 0 Å². The van der Waals surface area contributed by atoms with Crippen LogP contribution in [0.1, 0.15) is 27.2 Å². The zero-order valence-electron chi connectivity index (χ0n) is 10.3. The van der Waals surface area contributed by atoms with Gasteiger partial charge in [-0.25, -0.2) is 0 Å². The molecule has 90 valence electrons. The van der Waals surface area contributed by atoms with Gasteiger partial charge in [-0.2, -0.15) is 5.26 Å². The minimum atomic E-state index is -1.05. The summed E-state index contributed by atoms with van der Waals surface area (Å²) in [6.45, 7) is 5.72. The summed E-state index contributed by atoms with van der Waals surface area (Å²) in [5.74, 6) is -0.553. The van der Waals surface area contributed by atoms with Crippen molar-refractivity contribution in [1.29, 1.82) is 5.26 Å². The summed E-state index contributed by atoms with van der Waals surface area (Å²) in [5.41, 5.74) is -1.05. The molecule has 0 radical (unpaired) electrons. The average Bonchev–Trinajstić information content (AvgIpc) is 2.33. The smallest absolute Gasteiger partial charge is 0.241 e. The highest BCUT2D eigenvalue weighted by molar-refractivity contribution is 5.89. The van der Waals surface area contributed by atoms with E-state index in [0.29, 0.717) is 13.0 Å². The summed E-state index contributed by atoms with van der Waals surface area (Å²) in [4.78, 5) is 24.6. The predicted octanol–water partition coefficient (Wildman–Crippen LogP) is 0.521. The first-order valence-electron chi connectivity index (χ1n) is 5.34. The third-order valence-corrected chi connectivity index (χ3v) is 2.76. The first-order valence-corrected chi connectivity index (χ1v) is 5.34. The van der Waals surface area contributed by atoms with Crippen LogP contribution < -0.4 is 5.32 Å². The van der Waals surface area contributed by atoms with Gasteiger partial charge >= 0.3 is 0 Å². The van der Waals surface area contributed by atoms with Crippen molar-refractivity contribution >= 4 is 11.8 Å². The highest BCUT2D eigenvalue weighted by Gasteiger charge is 2.31. The second-order valence-electron chi connectivity index (χ2n) is 3.89. The lowest BCUT2D eigenvalue weighted by molar-refractivity contribution is -0.134. The molecule has 1 unspecified atom stereocenters. The van der Waals surface area contributed by atoms with E-state index in [4.69, 9.17) is 5.26 Å². The van der Waals surface area contributed by atoms with Crippen LogP contribution in [-0.2, 0) is 9.59 Å². The average molecular weight is 225 g/mol. The van der Waals surface area contributed by atoms with Gasteiger partial charge in [0, 0.05) is 13.6 Å². The molecule has 0 spiro atoms. The highest BCUT2D eigenvalue weighted by atomic mass is 16.2. The standard InChI is InChI=1S/C11H19N3O2/c1-5-11(3,8-12)10(16)13-7-9(15)14(4)6-2/h5-7H2,1-4H3,(H,13,16). The van der Waals surface area contributed by atoms with E-state index in [9.17, 15) is 9.59 Å². The van der Waals surface area contributed by atoms with E-state index < -0.39 is 11.3 Å². The van der Waals surface area contributed by atoms with Gasteiger partial charge in [0.1, 0.15) is 5.41 Å². The normalized spacial score (nSPS) is 13.4. The first-order chi connectivity index (χ1) is 7.41. The monoisotopic (exact) mass is 225 g/mol. The Balaban J connectivity index is 4.29. The number of hydrogen-bond donors (Lipinski definition) is 1. The number of rotatable bonds is 5. The van der Waals surface area contributed by atoms with E-state index in [0.717, 1.165) is 0 Å². The summed E-state index contributed by atoms with van der Waals surface area (Å²) in [6.07, 6.45) is 0.424. The molecule has 0 aromatic rings. The van der Waals surface area contributed by atoms with Crippen LogP contribution in [0.4, 0.5) is 0 Å². The van der Waals surface area contributed by atoms with Crippen molar-refractivity contribution in [2.45, 2.75) is 27.2 Å². The van der Waals surface area contributed by atoms with Crippen molar-refractivity contribution < 1.29 is 9.59 Å². The van der Waals surface area contributed by atoms with Crippen LogP contribution in [0.15, 0.2) is 0 Å². The van der Waals surface area contributed by atoms with E-state index in [2.05, 4.69) is 5.32 Å². The lowest BCUT2D eigenvalue weighted by Gasteiger charge is -2.20. The van der Waals surface area contributed by atoms with Crippen molar-refractivity contribution in [2.24, 2.45) is 5.41 Å². The molecular weight excluding hydrogens is 206 g/mol. The minimum Gasteiger partial charge on any atom is -0.346 e. The van der Waals surface area contributed by atoms with Gasteiger partial charge in [0.25, 0.3) is 0 Å². The van der Waals surface area contributed by atoms with Crippen LogP contribution >= 0.6 is 0 Å². The van der Waals surface area contributed by atoms with Gasteiger partial charge in [0.2, 0.25) is 11.8 Å². The molecule has 0 rings (SSSR count). The van der Waals surface area contributed by atoms with Crippen molar-refractivity contribution in [1.82, 2.24) is 10.2 Å². The molecule has 1 atom stereocenters. The number of carbonyl (C=O) groups excluding carboxylic acids is 2. The van der Waals surface area contributed by atoms with E-state index >= 15 is 0 Å². The Hall–Kier alpha value is -1.57. The second-order valence-corrected chi connectivity index (χ2v) is 3.89. The molecule has 16 heavy (non-hydrogen) atoms. The van der Waals surface area contributed by atoms with Crippen LogP contribution in [0, 0.1) is 16.7 Å². The molecule has 1 N–H and O–H groups in total. The molecule has 2 amide bonds. The molecule has 0 bridgehead atoms. The third-order valence-electron chi connectivity index (χ3n) is 2.76. The fourth-order valence-electron chi connectivity index (χ4n) is 0.953. The predicted molar refractivity (Wildman–Crippen MR) is 60.3 cm³/mol. The van der Waals surface area contributed by atoms with Crippen LogP contribution in [0.5, 0.6) is 0 Å². The van der Waals surface area contributed by atoms with Gasteiger partial charge < -0.3 is 10.2 Å². The molecule has 0 aliphatic carbocycles. The van der Waals surface area contributed by atoms with Gasteiger partial charge in [-0.1, -0.05) is 6.92 Å². The lowest BCUT2D eigenvalue weighted by Crippen LogP contribution is -2.43. The van der Waals surface area contributed by atoms with Crippen molar-refractivity contribution in [3.63, 3.8) is 0 Å². The summed E-state index contributed by atoms with van der Waals surface area (Å²) < 4.78 is 0. The number of hydrogen-bond acceptors (Lipinski definition) is 3. The topological polar surface area (TPSA) is 73.2 Å². The Labute approximate surface area is 96.4 Å². The van der Waals surface area contributed by atoms with Crippen molar-refractivity contribution in [2.75, 3.05) is 20.1 Å². The maximum Gasteiger partial charge on any atom is 0.241 e. The molecule has 0 saturated heterocycles. The van der Waals surface area contributed by atoms with Gasteiger partial charge in [0.05, 0.1) is 12.6 Å². The number of likely N-dealkylation sites (N-methyl/N-ethyl adjacent to an activating group) is 1. The van der Waals surface area contributed by atoms with Crippen molar-refractivity contribution in [3.05, 3.63) is 0 Å². The molecule has 0 aromatic carbocycles. The number of amides is 2. The zero-order chi connectivity index (χ0) is 12.8. The van der Waals surface area contributed by atoms with E-state index in [1.165, 1.54) is 4.90 Å². The summed E-state index contributed by atoms with van der Waals surface area (Å²) in [7, 11) is 1.66. The van der Waals surface area contributed by atoms with E-state index in [1.54, 1.807) is 20.9 Å². The molecule has 0 aromatic heterocycles. The molecule has 5 nitrogen and oxygen atoms in total. The summed E-state index contributed by atoms with van der Waals surface area (Å²) in [5, 5.41) is 11.4. The van der Waals surface area contributed by atoms with Gasteiger partial charge in [-0.05, 0) is 20.3 Å². The fourth-order valence-corrected chi connectivity index (χ4v) is 0.953. The number of nitrogens with zero attached hydrogens (tertiary/aromatic N) is 2. The van der Waals surface area contributed by atoms with Crippen molar-refractivity contribution in [3.8, 4) is 6.07 Å². The molecular formula is C11H19N3O2. The van der Waals surface area contributed by atoms with E-state index in [1.807, 2.05) is 13.0 Å². The molecule has 0 fully saturated rings. The number of carbonyl (C=O) groups is 2. The minimum absolute atomic E-state index is 0.0551. The third kappa shape index (κ3) is 3.54. The number of nitrogens with one attached hydrogen (secondary N) is 1. The Morgan fingerprint density at radius 3 is 2.38 bits per heavy atom. The van der Waals surface area contributed by atoms with Gasteiger partial charge in [0.15, 0.2) is 0 Å². The molecule has 0 heterocycles. The highest BCUT2D eigenvalue weighted by Crippen LogP contribution is 2.19. The van der Waals surface area contributed by atoms with Crippen LogP contribution in [0.25, 0.3) is 0 Å². The molecule has 0 aliphatic rings. The fraction of sp³-hybridized carbons (Fsp3) is 0.727. The van der Waals surface area contributed by atoms with Crippen LogP contribution in [-0.4, -0.2) is 36.9 Å². The first kappa shape index (κ1) is 14.4. The van der Waals surface area contributed by atoms with Crippen LogP contribution in [0.2, 0.25) is 0 Å². The molecule has 5 heteroatoms. The molecule has 0 saturated carbocycles.